The van der Waals surface area contributed by atoms with Gasteiger partial charge in [0.25, 0.3) is 0 Å². The molecule has 25 heavy (non-hydrogen) atoms. The van der Waals surface area contributed by atoms with E-state index in [9.17, 15) is 9.65 Å². The highest BCUT2D eigenvalue weighted by molar-refractivity contribution is 6.33. The predicted octanol–water partition coefficient (Wildman–Crippen LogP) is 5.29. The number of nitriles is 1. The average molecular weight is 350 g/mol. The van der Waals surface area contributed by atoms with Gasteiger partial charge in [0.2, 0.25) is 0 Å². The summed E-state index contributed by atoms with van der Waals surface area (Å²) in [5.74, 6) is -0.469. The molecule has 0 aromatic heterocycles. The molecular weight excluding hydrogens is 337 g/mol. The number of nitrogens with zero attached hydrogens (tertiary/aromatic N) is 1. The molecule has 0 N–H and O–H groups in total. The molecule has 3 aromatic carbocycles. The van der Waals surface area contributed by atoms with Gasteiger partial charge in [-0.1, -0.05) is 54.1 Å². The van der Waals surface area contributed by atoms with E-state index < -0.39 is 11.4 Å². The zero-order valence-corrected chi connectivity index (χ0v) is 13.9. The third-order valence-corrected chi connectivity index (χ3v) is 4.84. The summed E-state index contributed by atoms with van der Waals surface area (Å²) >= 11 is 6.33. The van der Waals surface area contributed by atoms with E-state index in [1.165, 1.54) is 12.1 Å². The third-order valence-electron chi connectivity index (χ3n) is 4.51. The summed E-state index contributed by atoms with van der Waals surface area (Å²) in [7, 11) is 0. The Morgan fingerprint density at radius 2 is 1.76 bits per heavy atom. The third kappa shape index (κ3) is 2.60. The van der Waals surface area contributed by atoms with Crippen LogP contribution in [0.3, 0.4) is 0 Å². The van der Waals surface area contributed by atoms with Crippen LogP contribution in [0.25, 0.3) is 11.1 Å². The van der Waals surface area contributed by atoms with Crippen LogP contribution in [0.4, 0.5) is 4.39 Å². The van der Waals surface area contributed by atoms with Crippen LogP contribution in [-0.2, 0) is 10.3 Å². The number of halogens is 2. The highest BCUT2D eigenvalue weighted by Crippen LogP contribution is 2.47. The SMILES string of the molecule is N#Cc1cccc(F)c1-c1cc(C2(c3ccccc3)CO2)ccc1Cl. The predicted molar refractivity (Wildman–Crippen MR) is 94.7 cm³/mol. The second-order valence-corrected chi connectivity index (χ2v) is 6.36. The van der Waals surface area contributed by atoms with E-state index in [1.54, 1.807) is 12.1 Å². The molecule has 1 aliphatic heterocycles. The molecule has 1 aliphatic rings. The molecule has 1 atom stereocenters. The van der Waals surface area contributed by atoms with Gasteiger partial charge in [0, 0.05) is 16.1 Å². The van der Waals surface area contributed by atoms with Crippen LogP contribution in [0.2, 0.25) is 5.02 Å². The van der Waals surface area contributed by atoms with Gasteiger partial charge in [-0.25, -0.2) is 4.39 Å². The fourth-order valence-corrected chi connectivity index (χ4v) is 3.35. The molecular formula is C21H13ClFNO. The molecule has 1 unspecified atom stereocenters. The minimum atomic E-state index is -0.529. The zero-order chi connectivity index (χ0) is 17.4. The van der Waals surface area contributed by atoms with Crippen LogP contribution in [0.1, 0.15) is 16.7 Å². The lowest BCUT2D eigenvalue weighted by molar-refractivity contribution is 0.349. The fraction of sp³-hybridized carbons (Fsp3) is 0.0952. The fourth-order valence-electron chi connectivity index (χ4n) is 3.14. The van der Waals surface area contributed by atoms with Gasteiger partial charge in [-0.2, -0.15) is 5.26 Å². The van der Waals surface area contributed by atoms with Crippen molar-refractivity contribution in [3.63, 3.8) is 0 Å². The monoisotopic (exact) mass is 349 g/mol. The molecule has 1 heterocycles. The van der Waals surface area contributed by atoms with E-state index in [0.717, 1.165) is 11.1 Å². The largest absolute Gasteiger partial charge is 0.359 e. The summed E-state index contributed by atoms with van der Waals surface area (Å²) in [5, 5.41) is 9.73. The summed E-state index contributed by atoms with van der Waals surface area (Å²) in [4.78, 5) is 0. The standard InChI is InChI=1S/C21H13ClFNO/c22-18-10-9-16(21(13-25-21)15-6-2-1-3-7-15)11-17(18)20-14(12-24)5-4-8-19(20)23/h1-11H,13H2. The maximum absolute atomic E-state index is 14.4. The first-order valence-electron chi connectivity index (χ1n) is 7.84. The first kappa shape index (κ1) is 15.8. The Morgan fingerprint density at radius 3 is 2.44 bits per heavy atom. The van der Waals surface area contributed by atoms with E-state index in [1.807, 2.05) is 48.5 Å². The second-order valence-electron chi connectivity index (χ2n) is 5.95. The van der Waals surface area contributed by atoms with Crippen molar-refractivity contribution in [3.8, 4) is 17.2 Å². The summed E-state index contributed by atoms with van der Waals surface area (Å²) in [6, 6.07) is 21.8. The Labute approximate surface area is 150 Å². The summed E-state index contributed by atoms with van der Waals surface area (Å²) < 4.78 is 20.2. The van der Waals surface area contributed by atoms with E-state index in [-0.39, 0.29) is 11.1 Å². The van der Waals surface area contributed by atoms with Crippen molar-refractivity contribution in [2.75, 3.05) is 6.61 Å². The second kappa shape index (κ2) is 6.00. The van der Waals surface area contributed by atoms with Gasteiger partial charge < -0.3 is 4.74 Å². The lowest BCUT2D eigenvalue weighted by atomic mass is 9.89. The summed E-state index contributed by atoms with van der Waals surface area (Å²) in [5.41, 5.74) is 2.38. The Balaban J connectivity index is 1.89. The van der Waals surface area contributed by atoms with Gasteiger partial charge in [0.15, 0.2) is 0 Å². The first-order chi connectivity index (χ1) is 12.2. The molecule has 3 aromatic rings. The van der Waals surface area contributed by atoms with Crippen LogP contribution < -0.4 is 0 Å². The molecule has 1 fully saturated rings. The first-order valence-corrected chi connectivity index (χ1v) is 8.22. The molecule has 0 radical (unpaired) electrons. The lowest BCUT2D eigenvalue weighted by Gasteiger charge is -2.16. The van der Waals surface area contributed by atoms with E-state index >= 15 is 0 Å². The van der Waals surface area contributed by atoms with Crippen LogP contribution in [-0.4, -0.2) is 6.61 Å². The smallest absolute Gasteiger partial charge is 0.142 e. The number of hydrogen-bond acceptors (Lipinski definition) is 2. The van der Waals surface area contributed by atoms with Gasteiger partial charge in [-0.15, -0.1) is 0 Å². The molecule has 4 rings (SSSR count). The number of epoxide rings is 1. The van der Waals surface area contributed by atoms with E-state index in [4.69, 9.17) is 16.3 Å². The van der Waals surface area contributed by atoms with Crippen molar-refractivity contribution in [2.45, 2.75) is 5.60 Å². The summed E-state index contributed by atoms with van der Waals surface area (Å²) in [6.07, 6.45) is 0. The van der Waals surface area contributed by atoms with Crippen molar-refractivity contribution in [1.29, 1.82) is 5.26 Å². The number of benzene rings is 3. The normalized spacial score (nSPS) is 18.6. The molecule has 0 aliphatic carbocycles. The van der Waals surface area contributed by atoms with Gasteiger partial charge in [0.1, 0.15) is 11.4 Å². The van der Waals surface area contributed by atoms with Gasteiger partial charge in [-0.3, -0.25) is 0 Å². The van der Waals surface area contributed by atoms with Gasteiger partial charge >= 0.3 is 0 Å². The highest BCUT2D eigenvalue weighted by atomic mass is 35.5. The number of ether oxygens (including phenoxy) is 1. The Kier molecular flexibility index (Phi) is 3.80. The molecule has 122 valence electrons. The minimum absolute atomic E-state index is 0.223. The maximum Gasteiger partial charge on any atom is 0.142 e. The van der Waals surface area contributed by atoms with Crippen LogP contribution in [0, 0.1) is 17.1 Å². The number of rotatable bonds is 3. The lowest BCUT2D eigenvalue weighted by Crippen LogP contribution is -2.11. The van der Waals surface area contributed by atoms with Crippen molar-refractivity contribution in [1.82, 2.24) is 0 Å². The van der Waals surface area contributed by atoms with Crippen molar-refractivity contribution in [2.24, 2.45) is 0 Å². The van der Waals surface area contributed by atoms with Crippen molar-refractivity contribution >= 4 is 11.6 Å². The van der Waals surface area contributed by atoms with Gasteiger partial charge in [0.05, 0.1) is 18.2 Å². The molecule has 0 bridgehead atoms. The average Bonchev–Trinajstić information content (AvgIpc) is 3.45. The zero-order valence-electron chi connectivity index (χ0n) is 13.2. The number of hydrogen-bond donors (Lipinski definition) is 0. The van der Waals surface area contributed by atoms with Crippen LogP contribution >= 0.6 is 11.6 Å². The van der Waals surface area contributed by atoms with Gasteiger partial charge in [-0.05, 0) is 35.4 Å². The molecule has 0 saturated carbocycles. The summed E-state index contributed by atoms with van der Waals surface area (Å²) in [6.45, 7) is 0.556. The molecule has 0 amide bonds. The Morgan fingerprint density at radius 1 is 1.00 bits per heavy atom. The molecule has 1 saturated heterocycles. The van der Waals surface area contributed by atoms with Crippen molar-refractivity contribution < 1.29 is 9.13 Å². The Hall–Kier alpha value is -2.67. The quantitative estimate of drug-likeness (QED) is 0.602. The van der Waals surface area contributed by atoms with E-state index in [2.05, 4.69) is 0 Å². The van der Waals surface area contributed by atoms with E-state index in [0.29, 0.717) is 17.2 Å². The molecule has 4 heteroatoms. The molecule has 2 nitrogen and oxygen atoms in total. The molecule has 0 spiro atoms. The van der Waals surface area contributed by atoms with Crippen molar-refractivity contribution in [3.05, 3.63) is 94.3 Å². The highest BCUT2D eigenvalue weighted by Gasteiger charge is 2.48. The topological polar surface area (TPSA) is 36.3 Å². The van der Waals surface area contributed by atoms with Crippen LogP contribution in [0.15, 0.2) is 66.7 Å². The van der Waals surface area contributed by atoms with Crippen LogP contribution in [0.5, 0.6) is 0 Å². The minimum Gasteiger partial charge on any atom is -0.359 e. The Bertz CT molecular complexity index is 991. The maximum atomic E-state index is 14.4.